The topological polar surface area (TPSA) is 72.9 Å². The van der Waals surface area contributed by atoms with E-state index in [1.165, 1.54) is 22.3 Å². The fourth-order valence-corrected chi connectivity index (χ4v) is 5.28. The minimum Gasteiger partial charge on any atom is -0.382 e. The van der Waals surface area contributed by atoms with Gasteiger partial charge < -0.3 is 15.6 Å². The highest BCUT2D eigenvalue weighted by Crippen LogP contribution is 2.38. The summed E-state index contributed by atoms with van der Waals surface area (Å²) in [5.41, 5.74) is 11.8. The maximum atomic E-state index is 11.7. The Morgan fingerprint density at radius 1 is 1.10 bits per heavy atom. The van der Waals surface area contributed by atoms with Gasteiger partial charge in [0, 0.05) is 35.7 Å². The highest BCUT2D eigenvalue weighted by Gasteiger charge is 2.29. The van der Waals surface area contributed by atoms with Crippen molar-refractivity contribution >= 4 is 22.6 Å². The molecule has 156 valence electrons. The molecule has 1 aliphatic heterocycles. The van der Waals surface area contributed by atoms with E-state index >= 15 is 0 Å². The van der Waals surface area contributed by atoms with E-state index in [4.69, 9.17) is 10.7 Å². The van der Waals surface area contributed by atoms with Crippen LogP contribution in [0.1, 0.15) is 62.0 Å². The van der Waals surface area contributed by atoms with E-state index in [1.807, 2.05) is 0 Å². The molecule has 1 fully saturated rings. The molecular formula is C25H30N4O. The van der Waals surface area contributed by atoms with Gasteiger partial charge in [-0.15, -0.1) is 0 Å². The number of fused-ring (bicyclic) bond motifs is 3. The number of hydrogen-bond acceptors (Lipinski definition) is 3. The van der Waals surface area contributed by atoms with Gasteiger partial charge >= 0.3 is 0 Å². The van der Waals surface area contributed by atoms with Crippen molar-refractivity contribution in [3.05, 3.63) is 59.4 Å². The summed E-state index contributed by atoms with van der Waals surface area (Å²) in [6, 6.07) is 15.9. The molecule has 1 atom stereocenters. The third-order valence-corrected chi connectivity index (χ3v) is 6.94. The van der Waals surface area contributed by atoms with Gasteiger partial charge in [-0.1, -0.05) is 30.3 Å². The second-order valence-corrected chi connectivity index (χ2v) is 9.01. The average Bonchev–Trinajstić information content (AvgIpc) is 3.12. The van der Waals surface area contributed by atoms with Crippen LogP contribution in [0.2, 0.25) is 0 Å². The lowest BCUT2D eigenvalue weighted by molar-refractivity contribution is -0.122. The van der Waals surface area contributed by atoms with Crippen molar-refractivity contribution in [3.8, 4) is 0 Å². The second-order valence-electron chi connectivity index (χ2n) is 9.01. The Balaban J connectivity index is 1.58. The fourth-order valence-electron chi connectivity index (χ4n) is 5.28. The first-order valence-electron chi connectivity index (χ1n) is 11.2. The molecule has 5 nitrogen and oxygen atoms in total. The van der Waals surface area contributed by atoms with Gasteiger partial charge in [-0.2, -0.15) is 0 Å². The minimum atomic E-state index is -0.150. The highest BCUT2D eigenvalue weighted by molar-refractivity contribution is 5.86. The summed E-state index contributed by atoms with van der Waals surface area (Å²) in [4.78, 5) is 16.9. The van der Waals surface area contributed by atoms with E-state index in [9.17, 15) is 4.79 Å². The lowest BCUT2D eigenvalue weighted by Crippen LogP contribution is -2.29. The number of benzene rings is 2. The zero-order valence-electron chi connectivity index (χ0n) is 17.6. The summed E-state index contributed by atoms with van der Waals surface area (Å²) in [6.07, 6.45) is 6.72. The van der Waals surface area contributed by atoms with Crippen LogP contribution in [0.15, 0.2) is 42.5 Å². The van der Waals surface area contributed by atoms with Crippen molar-refractivity contribution in [3.63, 3.8) is 0 Å². The first-order chi connectivity index (χ1) is 14.6. The summed E-state index contributed by atoms with van der Waals surface area (Å²) >= 11 is 0. The summed E-state index contributed by atoms with van der Waals surface area (Å²) < 4.78 is 2.47. The molecule has 5 rings (SSSR count). The first kappa shape index (κ1) is 19.2. The maximum Gasteiger partial charge on any atom is 0.220 e. The van der Waals surface area contributed by atoms with Crippen LogP contribution in [0, 0.1) is 5.92 Å². The molecule has 0 radical (unpaired) electrons. The predicted octanol–water partition coefficient (Wildman–Crippen LogP) is 4.59. The van der Waals surface area contributed by atoms with Crippen LogP contribution in [-0.2, 0) is 17.6 Å². The van der Waals surface area contributed by atoms with Gasteiger partial charge in [0.05, 0.1) is 11.0 Å². The fraction of sp³-hybridized carbons (Fsp3) is 0.440. The number of amides is 1. The van der Waals surface area contributed by atoms with Crippen LogP contribution < -0.4 is 11.1 Å². The van der Waals surface area contributed by atoms with Crippen molar-refractivity contribution in [1.29, 1.82) is 0 Å². The second kappa shape index (κ2) is 7.78. The Morgan fingerprint density at radius 3 is 2.60 bits per heavy atom. The van der Waals surface area contributed by atoms with Gasteiger partial charge in [-0.3, -0.25) is 4.79 Å². The van der Waals surface area contributed by atoms with E-state index < -0.39 is 0 Å². The molecular weight excluding hydrogens is 372 g/mol. The zero-order chi connectivity index (χ0) is 20.7. The molecule has 30 heavy (non-hydrogen) atoms. The Morgan fingerprint density at radius 2 is 1.87 bits per heavy atom. The number of carbonyl (C=O) groups is 1. The molecule has 0 unspecified atom stereocenters. The highest BCUT2D eigenvalue weighted by atomic mass is 16.1. The van der Waals surface area contributed by atoms with E-state index in [0.717, 1.165) is 56.3 Å². The minimum absolute atomic E-state index is 0.0204. The number of aryl methyl sites for hydroxylation is 1. The maximum absolute atomic E-state index is 11.7. The number of carbonyl (C=O) groups excluding carboxylic acids is 1. The van der Waals surface area contributed by atoms with Crippen LogP contribution in [0.25, 0.3) is 11.0 Å². The summed E-state index contributed by atoms with van der Waals surface area (Å²) in [6.45, 7) is 2.24. The lowest BCUT2D eigenvalue weighted by Gasteiger charge is -2.29. The van der Waals surface area contributed by atoms with Crippen LogP contribution in [0.4, 0.5) is 5.69 Å². The number of nitrogens with zero attached hydrogens (tertiary/aromatic N) is 2. The quantitative estimate of drug-likeness (QED) is 0.670. The molecule has 5 heteroatoms. The molecule has 3 N–H and O–H groups in total. The van der Waals surface area contributed by atoms with Gasteiger partial charge in [0.1, 0.15) is 5.82 Å². The number of imidazole rings is 1. The van der Waals surface area contributed by atoms with Crippen molar-refractivity contribution in [2.45, 2.75) is 64.0 Å². The average molecular weight is 403 g/mol. The van der Waals surface area contributed by atoms with Crippen molar-refractivity contribution < 1.29 is 4.79 Å². The third kappa shape index (κ3) is 3.47. The molecule has 3 aromatic rings. The molecule has 1 aliphatic carbocycles. The van der Waals surface area contributed by atoms with E-state index in [1.54, 1.807) is 0 Å². The molecule has 0 bridgehead atoms. The Kier molecular flexibility index (Phi) is 4.97. The number of nitrogens with one attached hydrogen (secondary N) is 1. The predicted molar refractivity (Wildman–Crippen MR) is 121 cm³/mol. The lowest BCUT2D eigenvalue weighted by atomic mass is 9.85. The molecule has 1 saturated carbocycles. The van der Waals surface area contributed by atoms with Gasteiger partial charge in [0.2, 0.25) is 5.91 Å². The Hall–Kier alpha value is -2.82. The van der Waals surface area contributed by atoms with Crippen LogP contribution in [0.3, 0.4) is 0 Å². The van der Waals surface area contributed by atoms with Gasteiger partial charge in [0.25, 0.3) is 0 Å². The van der Waals surface area contributed by atoms with Gasteiger partial charge in [-0.05, 0) is 63.1 Å². The summed E-state index contributed by atoms with van der Waals surface area (Å²) in [5, 5.41) is 3.63. The number of aromatic nitrogens is 2. The Labute approximate surface area is 177 Å². The molecule has 0 spiro atoms. The number of rotatable bonds is 4. The Bertz CT molecular complexity index is 1060. The number of anilines is 1. The molecule has 1 amide bonds. The van der Waals surface area contributed by atoms with Crippen LogP contribution in [0.5, 0.6) is 0 Å². The molecule has 2 heterocycles. The van der Waals surface area contributed by atoms with Crippen molar-refractivity contribution in [2.24, 2.45) is 11.7 Å². The van der Waals surface area contributed by atoms with E-state index in [-0.39, 0.29) is 11.8 Å². The van der Waals surface area contributed by atoms with Gasteiger partial charge in [-0.25, -0.2) is 4.98 Å². The molecule has 1 aromatic heterocycles. The zero-order valence-corrected chi connectivity index (χ0v) is 17.6. The first-order valence-corrected chi connectivity index (χ1v) is 11.2. The number of hydrogen-bond donors (Lipinski definition) is 2. The molecule has 2 aliphatic rings. The third-order valence-electron chi connectivity index (χ3n) is 6.94. The number of nitrogens with two attached hydrogens (primary N) is 1. The van der Waals surface area contributed by atoms with E-state index in [0.29, 0.717) is 12.1 Å². The monoisotopic (exact) mass is 402 g/mol. The molecule has 2 aromatic carbocycles. The smallest absolute Gasteiger partial charge is 0.220 e. The summed E-state index contributed by atoms with van der Waals surface area (Å²) in [5.74, 6) is 1.00. The van der Waals surface area contributed by atoms with Crippen LogP contribution in [-0.4, -0.2) is 21.5 Å². The van der Waals surface area contributed by atoms with Crippen LogP contribution >= 0.6 is 0 Å². The van der Waals surface area contributed by atoms with Crippen molar-refractivity contribution in [2.75, 3.05) is 5.32 Å². The summed E-state index contributed by atoms with van der Waals surface area (Å²) in [7, 11) is 0. The van der Waals surface area contributed by atoms with Crippen molar-refractivity contribution in [1.82, 2.24) is 9.55 Å². The molecule has 0 saturated heterocycles. The SMILES string of the molecule is C[C@H]1CCc2c(ccc3c2nc(Cc2ccccc2)n3[C@H]2CC[C@H](C(N)=O)CC2)N1. The normalized spacial score (nSPS) is 23.7. The standard InChI is InChI=1S/C25H30N4O/c1-16-7-12-20-21(27-16)13-14-22-24(20)28-23(15-17-5-3-2-4-6-17)29(22)19-10-8-18(9-11-19)25(26)30/h2-6,13-14,16,18-19,27H,7-12,15H2,1H3,(H2,26,30)/t16-,18-,19-/m0/s1. The number of primary amides is 1. The van der Waals surface area contributed by atoms with E-state index in [2.05, 4.69) is 59.3 Å². The van der Waals surface area contributed by atoms with Gasteiger partial charge in [0.15, 0.2) is 0 Å². The largest absolute Gasteiger partial charge is 0.382 e.